The molecule has 2 aromatic carbocycles. The fraction of sp³-hybridized carbons (Fsp3) is 0.250. The van der Waals surface area contributed by atoms with Crippen LogP contribution in [0.3, 0.4) is 0 Å². The van der Waals surface area contributed by atoms with Crippen molar-refractivity contribution in [3.05, 3.63) is 82.0 Å². The molecule has 32 heavy (non-hydrogen) atoms. The monoisotopic (exact) mass is 447 g/mol. The van der Waals surface area contributed by atoms with Gasteiger partial charge in [-0.05, 0) is 57.0 Å². The van der Waals surface area contributed by atoms with Gasteiger partial charge in [0.05, 0.1) is 0 Å². The van der Waals surface area contributed by atoms with Crippen molar-refractivity contribution in [2.45, 2.75) is 44.2 Å². The molecule has 0 bridgehead atoms. The van der Waals surface area contributed by atoms with Crippen molar-refractivity contribution < 1.29 is 4.79 Å². The van der Waals surface area contributed by atoms with Gasteiger partial charge in [-0.25, -0.2) is 18.9 Å². The zero-order valence-electron chi connectivity index (χ0n) is 18.6. The van der Waals surface area contributed by atoms with Gasteiger partial charge in [0.25, 0.3) is 0 Å². The highest BCUT2D eigenvalue weighted by molar-refractivity contribution is 7.99. The summed E-state index contributed by atoms with van der Waals surface area (Å²) in [5.41, 5.74) is 4.27. The van der Waals surface area contributed by atoms with Gasteiger partial charge in [0.15, 0.2) is 5.65 Å². The molecule has 164 valence electrons. The average Bonchev–Trinajstić information content (AvgIpc) is 3.07. The molecule has 0 aliphatic heterocycles. The molecule has 0 N–H and O–H groups in total. The number of likely N-dealkylation sites (N-methyl/N-ethyl adjacent to an activating group) is 1. The lowest BCUT2D eigenvalue weighted by Crippen LogP contribution is -2.36. The number of carbonyl (C=O) groups excluding carboxylic acids is 1. The van der Waals surface area contributed by atoms with Crippen LogP contribution in [0.4, 0.5) is 5.69 Å². The molecule has 2 heterocycles. The van der Waals surface area contributed by atoms with Gasteiger partial charge in [0.1, 0.15) is 11.6 Å². The maximum absolute atomic E-state index is 13.0. The molecule has 0 atom stereocenters. The second-order valence-corrected chi connectivity index (χ2v) is 8.74. The Bertz CT molecular complexity index is 1360. The first-order chi connectivity index (χ1) is 15.4. The summed E-state index contributed by atoms with van der Waals surface area (Å²) in [6.07, 6.45) is 3.16. The number of nitrogens with zero attached hydrogens (tertiary/aromatic N) is 5. The lowest BCUT2D eigenvalue weighted by Gasteiger charge is -2.21. The van der Waals surface area contributed by atoms with E-state index in [9.17, 15) is 9.59 Å². The number of benzene rings is 2. The summed E-state index contributed by atoms with van der Waals surface area (Å²) in [7, 11) is 0. The Hall–Kier alpha value is -3.39. The minimum absolute atomic E-state index is 0.143. The third-order valence-corrected chi connectivity index (χ3v) is 6.38. The van der Waals surface area contributed by atoms with Crippen LogP contribution < -0.4 is 10.6 Å². The molecule has 7 nitrogen and oxygen atoms in total. The van der Waals surface area contributed by atoms with E-state index in [1.54, 1.807) is 17.3 Å². The number of amides is 1. The van der Waals surface area contributed by atoms with Crippen LogP contribution in [0, 0.1) is 20.8 Å². The van der Waals surface area contributed by atoms with Crippen LogP contribution in [0.1, 0.15) is 23.6 Å². The smallest absolute Gasteiger partial charge is 0.311 e. The van der Waals surface area contributed by atoms with Crippen molar-refractivity contribution in [3.8, 4) is 0 Å². The van der Waals surface area contributed by atoms with E-state index in [1.165, 1.54) is 26.4 Å². The van der Waals surface area contributed by atoms with Crippen LogP contribution in [-0.4, -0.2) is 31.6 Å². The molecule has 0 aliphatic rings. The van der Waals surface area contributed by atoms with Crippen LogP contribution in [0.5, 0.6) is 0 Å². The SMILES string of the molecule is CCN(C(=O)Cn1nc2c(Sc3ccc(C)cc3C)nccn2c1=O)c1cccc(C)c1. The van der Waals surface area contributed by atoms with E-state index in [4.69, 9.17) is 0 Å². The van der Waals surface area contributed by atoms with Crippen molar-refractivity contribution >= 4 is 29.0 Å². The first-order valence-corrected chi connectivity index (χ1v) is 11.3. The van der Waals surface area contributed by atoms with Gasteiger partial charge in [-0.3, -0.25) is 4.79 Å². The quantitative estimate of drug-likeness (QED) is 0.446. The van der Waals surface area contributed by atoms with Gasteiger partial charge < -0.3 is 4.90 Å². The minimum Gasteiger partial charge on any atom is -0.311 e. The van der Waals surface area contributed by atoms with Gasteiger partial charge in [-0.1, -0.05) is 41.6 Å². The van der Waals surface area contributed by atoms with Crippen LogP contribution in [0.25, 0.3) is 5.65 Å². The summed E-state index contributed by atoms with van der Waals surface area (Å²) in [4.78, 5) is 33.1. The molecule has 0 aliphatic carbocycles. The second kappa shape index (κ2) is 9.00. The minimum atomic E-state index is -0.362. The first kappa shape index (κ1) is 21.8. The molecule has 8 heteroatoms. The van der Waals surface area contributed by atoms with Gasteiger partial charge >= 0.3 is 5.69 Å². The van der Waals surface area contributed by atoms with Crippen molar-refractivity contribution in [1.29, 1.82) is 0 Å². The van der Waals surface area contributed by atoms with Gasteiger partial charge in [-0.15, -0.1) is 5.10 Å². The number of hydrogen-bond donors (Lipinski definition) is 0. The Morgan fingerprint density at radius 3 is 2.59 bits per heavy atom. The van der Waals surface area contributed by atoms with Crippen molar-refractivity contribution in [3.63, 3.8) is 0 Å². The summed E-state index contributed by atoms with van der Waals surface area (Å²) < 4.78 is 2.65. The zero-order valence-corrected chi connectivity index (χ0v) is 19.4. The molecule has 1 amide bonds. The van der Waals surface area contributed by atoms with Crippen LogP contribution in [-0.2, 0) is 11.3 Å². The molecule has 0 radical (unpaired) electrons. The highest BCUT2D eigenvalue weighted by Crippen LogP contribution is 2.31. The van der Waals surface area contributed by atoms with Crippen molar-refractivity contribution in [2.24, 2.45) is 0 Å². The molecular weight excluding hydrogens is 422 g/mol. The van der Waals surface area contributed by atoms with E-state index in [0.29, 0.717) is 17.2 Å². The van der Waals surface area contributed by atoms with Crippen LogP contribution in [0.2, 0.25) is 0 Å². The average molecular weight is 448 g/mol. The first-order valence-electron chi connectivity index (χ1n) is 10.4. The maximum Gasteiger partial charge on any atom is 0.350 e. The normalized spacial score (nSPS) is 11.1. The largest absolute Gasteiger partial charge is 0.350 e. The van der Waals surface area contributed by atoms with Crippen molar-refractivity contribution in [2.75, 3.05) is 11.4 Å². The van der Waals surface area contributed by atoms with Gasteiger partial charge in [-0.2, -0.15) is 0 Å². The molecule has 0 spiro atoms. The summed E-state index contributed by atoms with van der Waals surface area (Å²) in [6, 6.07) is 13.9. The maximum atomic E-state index is 13.0. The summed E-state index contributed by atoms with van der Waals surface area (Å²) in [5.74, 6) is -0.194. The van der Waals surface area contributed by atoms with Gasteiger partial charge in [0, 0.05) is 29.5 Å². The lowest BCUT2D eigenvalue weighted by molar-refractivity contribution is -0.119. The molecule has 0 fully saturated rings. The third kappa shape index (κ3) is 4.31. The van der Waals surface area contributed by atoms with E-state index in [0.717, 1.165) is 21.7 Å². The zero-order chi connectivity index (χ0) is 22.8. The third-order valence-electron chi connectivity index (χ3n) is 5.22. The number of aryl methyl sites for hydroxylation is 3. The number of hydrogen-bond acceptors (Lipinski definition) is 5. The van der Waals surface area contributed by atoms with E-state index in [-0.39, 0.29) is 18.1 Å². The predicted octanol–water partition coefficient (Wildman–Crippen LogP) is 4.02. The second-order valence-electron chi connectivity index (χ2n) is 7.71. The Morgan fingerprint density at radius 1 is 1.09 bits per heavy atom. The van der Waals surface area contributed by atoms with E-state index in [2.05, 4.69) is 23.1 Å². The Balaban J connectivity index is 1.65. The van der Waals surface area contributed by atoms with E-state index < -0.39 is 0 Å². The highest BCUT2D eigenvalue weighted by Gasteiger charge is 2.19. The number of fused-ring (bicyclic) bond motifs is 1. The van der Waals surface area contributed by atoms with Crippen molar-refractivity contribution in [1.82, 2.24) is 19.2 Å². The number of carbonyl (C=O) groups is 1. The highest BCUT2D eigenvalue weighted by atomic mass is 32.2. The standard InChI is InChI=1S/C24H25N5O2S/c1-5-27(19-8-6-7-16(2)14-19)21(30)15-29-24(31)28-12-11-25-23(22(28)26-29)32-20-10-9-17(3)13-18(20)4/h6-14H,5,15H2,1-4H3. The Morgan fingerprint density at radius 2 is 1.88 bits per heavy atom. The molecule has 0 saturated heterocycles. The number of rotatable bonds is 6. The summed E-state index contributed by atoms with van der Waals surface area (Å²) in [6.45, 7) is 8.35. The Kier molecular flexibility index (Phi) is 6.14. The Labute approximate surface area is 190 Å². The molecule has 2 aromatic heterocycles. The fourth-order valence-corrected chi connectivity index (χ4v) is 4.54. The van der Waals surface area contributed by atoms with E-state index in [1.807, 2.05) is 57.2 Å². The lowest BCUT2D eigenvalue weighted by atomic mass is 10.2. The van der Waals surface area contributed by atoms with Crippen LogP contribution in [0.15, 0.2) is 69.6 Å². The number of anilines is 1. The van der Waals surface area contributed by atoms with Gasteiger partial charge in [0.2, 0.25) is 5.91 Å². The molecule has 4 aromatic rings. The summed E-state index contributed by atoms with van der Waals surface area (Å²) in [5, 5.41) is 5.08. The molecule has 0 saturated carbocycles. The van der Waals surface area contributed by atoms with Crippen LogP contribution >= 0.6 is 11.8 Å². The topological polar surface area (TPSA) is 72.5 Å². The molecule has 4 rings (SSSR count). The summed E-state index contributed by atoms with van der Waals surface area (Å²) >= 11 is 1.46. The fourth-order valence-electron chi connectivity index (χ4n) is 3.63. The van der Waals surface area contributed by atoms with E-state index >= 15 is 0 Å². The molecule has 0 unspecified atom stereocenters. The number of aromatic nitrogens is 4. The predicted molar refractivity (Wildman–Crippen MR) is 126 cm³/mol. The molecular formula is C24H25N5O2S.